The summed E-state index contributed by atoms with van der Waals surface area (Å²) in [6, 6.07) is 12.4. The molecular formula is C21H22BrN5O. The number of carbonyl (C=O) groups excluding carboxylic acids is 1. The lowest BCUT2D eigenvalue weighted by atomic mass is 10.1. The number of carbonyl (C=O) groups is 1. The van der Waals surface area contributed by atoms with Gasteiger partial charge in [-0.05, 0) is 46.8 Å². The third-order valence-corrected chi connectivity index (χ3v) is 5.62. The van der Waals surface area contributed by atoms with E-state index < -0.39 is 0 Å². The summed E-state index contributed by atoms with van der Waals surface area (Å²) in [6.45, 7) is 1.56. The van der Waals surface area contributed by atoms with E-state index in [1.54, 1.807) is 18.7 Å². The average Bonchev–Trinajstić information content (AvgIpc) is 3.36. The molecule has 1 aliphatic heterocycles. The Bertz CT molecular complexity index is 943. The van der Waals surface area contributed by atoms with E-state index >= 15 is 0 Å². The second kappa shape index (κ2) is 8.65. The second-order valence-corrected chi connectivity index (χ2v) is 8.00. The van der Waals surface area contributed by atoms with Gasteiger partial charge in [-0.15, -0.1) is 10.2 Å². The first-order valence-electron chi connectivity index (χ1n) is 9.53. The Kier molecular flexibility index (Phi) is 5.81. The SMILES string of the molecule is O=C(c1cncc(Br)c1)N1CCCC1CCc1nncn1Cc1ccccc1. The molecule has 4 rings (SSSR count). The molecule has 6 nitrogen and oxygen atoms in total. The summed E-state index contributed by atoms with van der Waals surface area (Å²) in [5.74, 6) is 1.02. The van der Waals surface area contributed by atoms with Crippen LogP contribution in [0.25, 0.3) is 0 Å². The van der Waals surface area contributed by atoms with Crippen molar-refractivity contribution in [2.45, 2.75) is 38.3 Å². The maximum Gasteiger partial charge on any atom is 0.255 e. The summed E-state index contributed by atoms with van der Waals surface area (Å²) in [7, 11) is 0. The molecule has 0 bridgehead atoms. The number of halogens is 1. The van der Waals surface area contributed by atoms with E-state index in [1.807, 2.05) is 29.2 Å². The Morgan fingerprint density at radius 1 is 1.21 bits per heavy atom. The predicted octanol–water partition coefficient (Wildman–Crippen LogP) is 3.72. The molecule has 1 amide bonds. The lowest BCUT2D eigenvalue weighted by Crippen LogP contribution is -2.36. The topological polar surface area (TPSA) is 63.9 Å². The molecule has 0 spiro atoms. The molecule has 0 radical (unpaired) electrons. The molecule has 3 aromatic rings. The number of likely N-dealkylation sites (tertiary alicyclic amines) is 1. The predicted molar refractivity (Wildman–Crippen MR) is 110 cm³/mol. The van der Waals surface area contributed by atoms with E-state index in [4.69, 9.17) is 0 Å². The number of aryl methyl sites for hydroxylation is 1. The Morgan fingerprint density at radius 2 is 2.07 bits per heavy atom. The number of rotatable bonds is 6. The van der Waals surface area contributed by atoms with Gasteiger partial charge in [-0.1, -0.05) is 30.3 Å². The Balaban J connectivity index is 1.41. The molecule has 1 fully saturated rings. The molecular weight excluding hydrogens is 418 g/mol. The Hall–Kier alpha value is -2.54. The van der Waals surface area contributed by atoms with Crippen LogP contribution in [0, 0.1) is 0 Å². The van der Waals surface area contributed by atoms with Crippen LogP contribution in [0.2, 0.25) is 0 Å². The van der Waals surface area contributed by atoms with Crippen molar-refractivity contribution >= 4 is 21.8 Å². The first-order chi connectivity index (χ1) is 13.7. The van der Waals surface area contributed by atoms with Crippen LogP contribution in [-0.4, -0.2) is 43.1 Å². The van der Waals surface area contributed by atoms with E-state index in [9.17, 15) is 4.79 Å². The van der Waals surface area contributed by atoms with Crippen LogP contribution in [0.15, 0.2) is 59.6 Å². The average molecular weight is 440 g/mol. The van der Waals surface area contributed by atoms with Crippen LogP contribution in [0.3, 0.4) is 0 Å². The molecule has 1 saturated heterocycles. The molecule has 28 heavy (non-hydrogen) atoms. The van der Waals surface area contributed by atoms with Crippen LogP contribution in [0.4, 0.5) is 0 Å². The van der Waals surface area contributed by atoms with Crippen LogP contribution >= 0.6 is 15.9 Å². The molecule has 1 aliphatic rings. The number of amides is 1. The molecule has 7 heteroatoms. The van der Waals surface area contributed by atoms with Gasteiger partial charge in [-0.3, -0.25) is 9.78 Å². The summed E-state index contributed by atoms with van der Waals surface area (Å²) in [4.78, 5) is 19.0. The fraction of sp³-hybridized carbons (Fsp3) is 0.333. The number of nitrogens with zero attached hydrogens (tertiary/aromatic N) is 5. The fourth-order valence-corrected chi connectivity index (χ4v) is 4.14. The van der Waals surface area contributed by atoms with Crippen molar-refractivity contribution in [2.75, 3.05) is 6.54 Å². The van der Waals surface area contributed by atoms with Gasteiger partial charge >= 0.3 is 0 Å². The van der Waals surface area contributed by atoms with Crippen molar-refractivity contribution in [3.05, 3.63) is 76.5 Å². The summed E-state index contributed by atoms with van der Waals surface area (Å²) in [6.07, 6.45) is 8.87. The summed E-state index contributed by atoms with van der Waals surface area (Å²) >= 11 is 3.39. The molecule has 144 valence electrons. The van der Waals surface area contributed by atoms with Crippen molar-refractivity contribution in [2.24, 2.45) is 0 Å². The zero-order valence-corrected chi connectivity index (χ0v) is 17.1. The van der Waals surface area contributed by atoms with E-state index in [0.717, 1.165) is 49.1 Å². The highest BCUT2D eigenvalue weighted by molar-refractivity contribution is 9.10. The zero-order chi connectivity index (χ0) is 19.3. The summed E-state index contributed by atoms with van der Waals surface area (Å²) in [5.41, 5.74) is 1.86. The number of hydrogen-bond donors (Lipinski definition) is 0. The van der Waals surface area contributed by atoms with Gasteiger partial charge in [-0.2, -0.15) is 0 Å². The van der Waals surface area contributed by atoms with Crippen LogP contribution < -0.4 is 0 Å². The number of aromatic nitrogens is 4. The standard InChI is InChI=1S/C21H22BrN5O/c22-18-11-17(12-23-13-18)21(28)27-10-4-7-19(27)8-9-20-25-24-15-26(20)14-16-5-2-1-3-6-16/h1-3,5-6,11-13,15,19H,4,7-10,14H2. The van der Waals surface area contributed by atoms with Crippen molar-refractivity contribution < 1.29 is 4.79 Å². The lowest BCUT2D eigenvalue weighted by molar-refractivity contribution is 0.0729. The van der Waals surface area contributed by atoms with Crippen LogP contribution in [0.5, 0.6) is 0 Å². The Morgan fingerprint density at radius 3 is 2.89 bits per heavy atom. The van der Waals surface area contributed by atoms with Crippen LogP contribution in [-0.2, 0) is 13.0 Å². The minimum atomic E-state index is 0.0575. The molecule has 1 atom stereocenters. The molecule has 2 aromatic heterocycles. The quantitative estimate of drug-likeness (QED) is 0.586. The highest BCUT2D eigenvalue weighted by atomic mass is 79.9. The minimum Gasteiger partial charge on any atom is -0.336 e. The van der Waals surface area contributed by atoms with Gasteiger partial charge in [0, 0.05) is 35.9 Å². The van der Waals surface area contributed by atoms with Gasteiger partial charge < -0.3 is 9.47 Å². The van der Waals surface area contributed by atoms with Gasteiger partial charge in [0.05, 0.1) is 12.1 Å². The van der Waals surface area contributed by atoms with Crippen molar-refractivity contribution in [1.82, 2.24) is 24.6 Å². The largest absolute Gasteiger partial charge is 0.336 e. The second-order valence-electron chi connectivity index (χ2n) is 7.09. The van der Waals surface area contributed by atoms with E-state index in [2.05, 4.69) is 47.8 Å². The van der Waals surface area contributed by atoms with Crippen molar-refractivity contribution in [3.8, 4) is 0 Å². The van der Waals surface area contributed by atoms with Crippen molar-refractivity contribution in [1.29, 1.82) is 0 Å². The number of pyridine rings is 1. The summed E-state index contributed by atoms with van der Waals surface area (Å²) in [5, 5.41) is 8.40. The molecule has 1 unspecified atom stereocenters. The first-order valence-corrected chi connectivity index (χ1v) is 10.3. The third-order valence-electron chi connectivity index (χ3n) is 5.18. The van der Waals surface area contributed by atoms with E-state index in [-0.39, 0.29) is 11.9 Å². The maximum atomic E-state index is 12.9. The fourth-order valence-electron chi connectivity index (χ4n) is 3.78. The lowest BCUT2D eigenvalue weighted by Gasteiger charge is -2.24. The minimum absolute atomic E-state index is 0.0575. The van der Waals surface area contributed by atoms with Crippen molar-refractivity contribution in [3.63, 3.8) is 0 Å². The smallest absolute Gasteiger partial charge is 0.255 e. The van der Waals surface area contributed by atoms with Gasteiger partial charge in [0.1, 0.15) is 12.2 Å². The van der Waals surface area contributed by atoms with Gasteiger partial charge in [0.2, 0.25) is 0 Å². The molecule has 0 aliphatic carbocycles. The number of benzene rings is 1. The maximum absolute atomic E-state index is 12.9. The third kappa shape index (κ3) is 4.30. The first kappa shape index (κ1) is 18.8. The highest BCUT2D eigenvalue weighted by Gasteiger charge is 2.29. The molecule has 0 N–H and O–H groups in total. The molecule has 3 heterocycles. The van der Waals surface area contributed by atoms with Gasteiger partial charge in [0.15, 0.2) is 0 Å². The molecule has 0 saturated carbocycles. The summed E-state index contributed by atoms with van der Waals surface area (Å²) < 4.78 is 2.91. The monoisotopic (exact) mass is 439 g/mol. The Labute approximate surface area is 172 Å². The zero-order valence-electron chi connectivity index (χ0n) is 15.5. The highest BCUT2D eigenvalue weighted by Crippen LogP contribution is 2.24. The number of hydrogen-bond acceptors (Lipinski definition) is 4. The van der Waals surface area contributed by atoms with Gasteiger partial charge in [-0.25, -0.2) is 0 Å². The van der Waals surface area contributed by atoms with E-state index in [1.165, 1.54) is 5.56 Å². The normalized spacial score (nSPS) is 16.5. The van der Waals surface area contributed by atoms with E-state index in [0.29, 0.717) is 5.56 Å². The van der Waals surface area contributed by atoms with Gasteiger partial charge in [0.25, 0.3) is 5.91 Å². The van der Waals surface area contributed by atoms with Crippen LogP contribution in [0.1, 0.15) is 41.0 Å². The molecule has 1 aromatic carbocycles.